The monoisotopic (exact) mass is 287 g/mol. The van der Waals surface area contributed by atoms with Gasteiger partial charge in [0.25, 0.3) is 0 Å². The zero-order valence-electron chi connectivity index (χ0n) is 10.1. The lowest BCUT2D eigenvalue weighted by Crippen LogP contribution is -2.19. The van der Waals surface area contributed by atoms with Crippen molar-refractivity contribution in [3.8, 4) is 0 Å². The van der Waals surface area contributed by atoms with Crippen LogP contribution in [0.2, 0.25) is 0 Å². The second-order valence-electron chi connectivity index (χ2n) is 4.13. The first-order valence-electron chi connectivity index (χ1n) is 5.65. The van der Waals surface area contributed by atoms with Crippen LogP contribution in [0.15, 0.2) is 29.6 Å². The molecule has 0 aliphatic heterocycles. The summed E-state index contributed by atoms with van der Waals surface area (Å²) in [5.41, 5.74) is -0.982. The van der Waals surface area contributed by atoms with Crippen molar-refractivity contribution in [3.05, 3.63) is 40.2 Å². The standard InChI is InChI=1S/C12H12F3N3S/c1-8(7-9-3-2-6-19-9)16-11-5-4-10(17-18-11)12(13,14)15/h2-6,8H,7H2,1H3,(H,16,18). The van der Waals surface area contributed by atoms with E-state index < -0.39 is 11.9 Å². The molecule has 0 amide bonds. The average Bonchev–Trinajstić information content (AvgIpc) is 2.81. The summed E-state index contributed by atoms with van der Waals surface area (Å²) in [5.74, 6) is 0.344. The number of thiophene rings is 1. The Bertz CT molecular complexity index is 508. The molecule has 1 atom stereocenters. The number of hydrogen-bond donors (Lipinski definition) is 1. The lowest BCUT2D eigenvalue weighted by molar-refractivity contribution is -0.141. The lowest BCUT2D eigenvalue weighted by Gasteiger charge is -2.13. The van der Waals surface area contributed by atoms with Crippen LogP contribution >= 0.6 is 11.3 Å². The molecule has 0 aliphatic carbocycles. The molecule has 2 aromatic heterocycles. The number of nitrogens with one attached hydrogen (secondary N) is 1. The van der Waals surface area contributed by atoms with Gasteiger partial charge in [0.2, 0.25) is 0 Å². The summed E-state index contributed by atoms with van der Waals surface area (Å²) in [6, 6.07) is 6.27. The first-order chi connectivity index (χ1) is 8.95. The van der Waals surface area contributed by atoms with Crippen molar-refractivity contribution in [2.24, 2.45) is 0 Å². The fourth-order valence-electron chi connectivity index (χ4n) is 1.59. The van der Waals surface area contributed by atoms with Gasteiger partial charge in [-0.25, -0.2) is 0 Å². The van der Waals surface area contributed by atoms with E-state index in [1.165, 1.54) is 10.9 Å². The van der Waals surface area contributed by atoms with E-state index in [0.29, 0.717) is 5.82 Å². The molecule has 0 bridgehead atoms. The molecule has 1 N–H and O–H groups in total. The van der Waals surface area contributed by atoms with Gasteiger partial charge in [0.05, 0.1) is 0 Å². The van der Waals surface area contributed by atoms with Crippen LogP contribution in [0.5, 0.6) is 0 Å². The van der Waals surface area contributed by atoms with Crippen molar-refractivity contribution in [1.29, 1.82) is 0 Å². The van der Waals surface area contributed by atoms with E-state index in [1.54, 1.807) is 11.3 Å². The summed E-state index contributed by atoms with van der Waals surface area (Å²) >= 11 is 1.64. The number of anilines is 1. The van der Waals surface area contributed by atoms with E-state index in [2.05, 4.69) is 15.5 Å². The van der Waals surface area contributed by atoms with Crippen molar-refractivity contribution in [2.75, 3.05) is 5.32 Å². The van der Waals surface area contributed by atoms with E-state index in [0.717, 1.165) is 12.5 Å². The van der Waals surface area contributed by atoms with E-state index in [4.69, 9.17) is 0 Å². The molecule has 0 aromatic carbocycles. The minimum absolute atomic E-state index is 0.0738. The fourth-order valence-corrected chi connectivity index (χ4v) is 2.43. The second kappa shape index (κ2) is 5.56. The molecule has 1 unspecified atom stereocenters. The van der Waals surface area contributed by atoms with E-state index in [1.807, 2.05) is 24.4 Å². The Morgan fingerprint density at radius 2 is 2.05 bits per heavy atom. The van der Waals surface area contributed by atoms with Gasteiger partial charge in [0.1, 0.15) is 5.82 Å². The van der Waals surface area contributed by atoms with Crippen LogP contribution < -0.4 is 5.32 Å². The molecule has 0 fully saturated rings. The Morgan fingerprint density at radius 1 is 1.26 bits per heavy atom. The van der Waals surface area contributed by atoms with Crippen molar-refractivity contribution < 1.29 is 13.2 Å². The van der Waals surface area contributed by atoms with Crippen LogP contribution in [0.25, 0.3) is 0 Å². The largest absolute Gasteiger partial charge is 0.435 e. The van der Waals surface area contributed by atoms with Gasteiger partial charge in [-0.15, -0.1) is 21.5 Å². The first-order valence-corrected chi connectivity index (χ1v) is 6.53. The zero-order valence-corrected chi connectivity index (χ0v) is 10.9. The molecule has 0 saturated heterocycles. The maximum Gasteiger partial charge on any atom is 0.435 e. The molecular weight excluding hydrogens is 275 g/mol. The number of halogens is 3. The van der Waals surface area contributed by atoms with Crippen molar-refractivity contribution in [1.82, 2.24) is 10.2 Å². The molecule has 3 nitrogen and oxygen atoms in total. The Morgan fingerprint density at radius 3 is 2.58 bits per heavy atom. The van der Waals surface area contributed by atoms with Gasteiger partial charge in [0.15, 0.2) is 5.69 Å². The Kier molecular flexibility index (Phi) is 4.04. The molecule has 0 spiro atoms. The van der Waals surface area contributed by atoms with Gasteiger partial charge >= 0.3 is 6.18 Å². The van der Waals surface area contributed by atoms with Crippen molar-refractivity contribution in [2.45, 2.75) is 25.6 Å². The third-order valence-corrected chi connectivity index (χ3v) is 3.34. The van der Waals surface area contributed by atoms with Gasteiger partial charge in [0, 0.05) is 17.3 Å². The molecule has 2 rings (SSSR count). The summed E-state index contributed by atoms with van der Waals surface area (Å²) in [4.78, 5) is 1.21. The van der Waals surface area contributed by atoms with Crippen LogP contribution in [0.1, 0.15) is 17.5 Å². The number of alkyl halides is 3. The number of hydrogen-bond acceptors (Lipinski definition) is 4. The van der Waals surface area contributed by atoms with Crippen LogP contribution in [0, 0.1) is 0 Å². The number of aromatic nitrogens is 2. The minimum atomic E-state index is -4.45. The second-order valence-corrected chi connectivity index (χ2v) is 5.16. The van der Waals surface area contributed by atoms with Gasteiger partial charge in [-0.05, 0) is 30.5 Å². The maximum absolute atomic E-state index is 12.3. The van der Waals surface area contributed by atoms with Gasteiger partial charge < -0.3 is 5.32 Å². The summed E-state index contributed by atoms with van der Waals surface area (Å²) in [6.45, 7) is 1.94. The highest BCUT2D eigenvalue weighted by Crippen LogP contribution is 2.27. The van der Waals surface area contributed by atoms with Crippen molar-refractivity contribution in [3.63, 3.8) is 0 Å². The Balaban J connectivity index is 1.96. The fraction of sp³-hybridized carbons (Fsp3) is 0.333. The summed E-state index contributed by atoms with van der Waals surface area (Å²) in [6.07, 6.45) is -3.66. The van der Waals surface area contributed by atoms with Crippen LogP contribution in [0.3, 0.4) is 0 Å². The summed E-state index contributed by atoms with van der Waals surface area (Å²) < 4.78 is 36.9. The molecule has 0 saturated carbocycles. The topological polar surface area (TPSA) is 37.8 Å². The third-order valence-electron chi connectivity index (χ3n) is 2.44. The molecule has 0 aliphatic rings. The molecule has 0 radical (unpaired) electrons. The highest BCUT2D eigenvalue weighted by Gasteiger charge is 2.32. The molecule has 102 valence electrons. The number of rotatable bonds is 4. The van der Waals surface area contributed by atoms with Crippen LogP contribution in [-0.4, -0.2) is 16.2 Å². The maximum atomic E-state index is 12.3. The van der Waals surface area contributed by atoms with E-state index >= 15 is 0 Å². The van der Waals surface area contributed by atoms with Gasteiger partial charge in [-0.2, -0.15) is 13.2 Å². The SMILES string of the molecule is CC(Cc1cccs1)Nc1ccc(C(F)(F)F)nn1. The lowest BCUT2D eigenvalue weighted by atomic mass is 10.2. The van der Waals surface area contributed by atoms with Gasteiger partial charge in [-0.1, -0.05) is 6.07 Å². The van der Waals surface area contributed by atoms with Gasteiger partial charge in [-0.3, -0.25) is 0 Å². The predicted molar refractivity (Wildman–Crippen MR) is 68.1 cm³/mol. The van der Waals surface area contributed by atoms with Crippen LogP contribution in [-0.2, 0) is 12.6 Å². The molecule has 2 aromatic rings. The Hall–Kier alpha value is -1.63. The summed E-state index contributed by atoms with van der Waals surface area (Å²) in [7, 11) is 0. The molecule has 7 heteroatoms. The number of nitrogens with zero attached hydrogens (tertiary/aromatic N) is 2. The minimum Gasteiger partial charge on any atom is -0.366 e. The highest BCUT2D eigenvalue weighted by molar-refractivity contribution is 7.09. The molecule has 2 heterocycles. The van der Waals surface area contributed by atoms with Crippen molar-refractivity contribution >= 4 is 17.2 Å². The van der Waals surface area contributed by atoms with E-state index in [-0.39, 0.29) is 6.04 Å². The Labute approximate surface area is 112 Å². The molecular formula is C12H12F3N3S. The predicted octanol–water partition coefficient (Wildman–Crippen LogP) is 3.60. The highest BCUT2D eigenvalue weighted by atomic mass is 32.1. The third kappa shape index (κ3) is 3.92. The molecule has 19 heavy (non-hydrogen) atoms. The first kappa shape index (κ1) is 13.8. The smallest absolute Gasteiger partial charge is 0.366 e. The quantitative estimate of drug-likeness (QED) is 0.933. The van der Waals surface area contributed by atoms with E-state index in [9.17, 15) is 13.2 Å². The van der Waals surface area contributed by atoms with Crippen LogP contribution in [0.4, 0.5) is 19.0 Å². The summed E-state index contributed by atoms with van der Waals surface area (Å²) in [5, 5.41) is 11.7. The normalized spacial score (nSPS) is 13.3. The average molecular weight is 287 g/mol. The zero-order chi connectivity index (χ0) is 13.9.